The highest BCUT2D eigenvalue weighted by atomic mass is 16.4. The van der Waals surface area contributed by atoms with Crippen LogP contribution in [0.1, 0.15) is 37.3 Å². The van der Waals surface area contributed by atoms with Crippen molar-refractivity contribution >= 4 is 11.9 Å². The molecule has 5 nitrogen and oxygen atoms in total. The number of hydrogen-bond donors (Lipinski definition) is 3. The van der Waals surface area contributed by atoms with Crippen molar-refractivity contribution in [2.45, 2.75) is 44.1 Å². The Labute approximate surface area is 124 Å². The molecule has 0 saturated heterocycles. The molecule has 5 heteroatoms. The Bertz CT molecular complexity index is 561. The number of carboxylic acids is 1. The fourth-order valence-corrected chi connectivity index (χ4v) is 2.62. The molecule has 0 aliphatic heterocycles. The van der Waals surface area contributed by atoms with Gasteiger partial charge in [-0.15, -0.1) is 0 Å². The summed E-state index contributed by atoms with van der Waals surface area (Å²) in [5, 5.41) is 21.2. The second-order valence-electron chi connectivity index (χ2n) is 6.07. The molecule has 0 bridgehead atoms. The van der Waals surface area contributed by atoms with E-state index in [1.54, 1.807) is 0 Å². The Balaban J connectivity index is 2.14. The lowest BCUT2D eigenvalue weighted by molar-refractivity contribution is -0.156. The number of aliphatic carboxylic acids is 1. The van der Waals surface area contributed by atoms with Gasteiger partial charge in [-0.1, -0.05) is 36.2 Å². The topological polar surface area (TPSA) is 86.6 Å². The van der Waals surface area contributed by atoms with E-state index in [2.05, 4.69) is 5.32 Å². The van der Waals surface area contributed by atoms with Crippen molar-refractivity contribution in [1.82, 2.24) is 5.32 Å². The van der Waals surface area contributed by atoms with Crippen LogP contribution in [0.4, 0.5) is 0 Å². The molecule has 1 saturated carbocycles. The van der Waals surface area contributed by atoms with E-state index in [-0.39, 0.29) is 12.5 Å². The summed E-state index contributed by atoms with van der Waals surface area (Å²) in [5.41, 5.74) is -0.487. The second kappa shape index (κ2) is 5.48. The minimum atomic E-state index is -1.95. The predicted octanol–water partition coefficient (Wildman–Crippen LogP) is 1.37. The molecule has 0 spiro atoms. The minimum Gasteiger partial charge on any atom is -0.479 e. The van der Waals surface area contributed by atoms with E-state index in [4.69, 9.17) is 5.11 Å². The lowest BCUT2D eigenvalue weighted by Crippen LogP contribution is -2.54. The largest absolute Gasteiger partial charge is 0.479 e. The van der Waals surface area contributed by atoms with E-state index in [9.17, 15) is 14.7 Å². The molecule has 1 unspecified atom stereocenters. The van der Waals surface area contributed by atoms with Crippen molar-refractivity contribution in [3.8, 4) is 0 Å². The zero-order valence-electron chi connectivity index (χ0n) is 12.3. The van der Waals surface area contributed by atoms with E-state index >= 15 is 0 Å². The van der Waals surface area contributed by atoms with Crippen molar-refractivity contribution in [1.29, 1.82) is 0 Å². The summed E-state index contributed by atoms with van der Waals surface area (Å²) in [7, 11) is 0. The molecule has 114 valence electrons. The molecule has 0 aromatic heterocycles. The van der Waals surface area contributed by atoms with Crippen molar-refractivity contribution in [3.63, 3.8) is 0 Å². The van der Waals surface area contributed by atoms with Crippen molar-refractivity contribution < 1.29 is 19.8 Å². The maximum atomic E-state index is 12.5. The summed E-state index contributed by atoms with van der Waals surface area (Å²) in [6, 6.07) is 7.82. The third kappa shape index (κ3) is 2.93. The number of amides is 1. The Morgan fingerprint density at radius 1 is 1.38 bits per heavy atom. The molecule has 1 atom stereocenters. The zero-order chi connectivity index (χ0) is 15.7. The number of aliphatic hydroxyl groups is 1. The Morgan fingerprint density at radius 3 is 2.52 bits per heavy atom. The van der Waals surface area contributed by atoms with Crippen LogP contribution < -0.4 is 5.32 Å². The number of hydrogen-bond acceptors (Lipinski definition) is 3. The van der Waals surface area contributed by atoms with Gasteiger partial charge in [0, 0.05) is 0 Å². The molecule has 1 aromatic rings. The Hall–Kier alpha value is -1.88. The number of rotatable bonds is 5. The SMILES string of the molecule is Cc1cccc(C2(C(=O)NCC(C)(O)C(=O)O)CCC2)c1. The van der Waals surface area contributed by atoms with Crippen LogP contribution in [0.25, 0.3) is 0 Å². The van der Waals surface area contributed by atoms with Gasteiger partial charge in [0.2, 0.25) is 5.91 Å². The van der Waals surface area contributed by atoms with E-state index in [0.717, 1.165) is 30.4 Å². The quantitative estimate of drug-likeness (QED) is 0.764. The van der Waals surface area contributed by atoms with Gasteiger partial charge in [0.1, 0.15) is 0 Å². The summed E-state index contributed by atoms with van der Waals surface area (Å²) >= 11 is 0. The van der Waals surface area contributed by atoms with Gasteiger partial charge in [-0.2, -0.15) is 0 Å². The van der Waals surface area contributed by atoms with Crippen LogP contribution in [0.2, 0.25) is 0 Å². The first-order chi connectivity index (χ1) is 9.78. The van der Waals surface area contributed by atoms with Crippen LogP contribution in [0, 0.1) is 6.92 Å². The van der Waals surface area contributed by atoms with Gasteiger partial charge in [-0.3, -0.25) is 4.79 Å². The van der Waals surface area contributed by atoms with Crippen LogP contribution >= 0.6 is 0 Å². The first-order valence-electron chi connectivity index (χ1n) is 7.09. The maximum Gasteiger partial charge on any atom is 0.337 e. The van der Waals surface area contributed by atoms with Gasteiger partial charge >= 0.3 is 5.97 Å². The number of carbonyl (C=O) groups excluding carboxylic acids is 1. The summed E-state index contributed by atoms with van der Waals surface area (Å²) in [4.78, 5) is 23.4. The van der Waals surface area contributed by atoms with E-state index in [0.29, 0.717) is 0 Å². The fraction of sp³-hybridized carbons (Fsp3) is 0.500. The first kappa shape index (κ1) is 15.5. The fourth-order valence-electron chi connectivity index (χ4n) is 2.62. The third-order valence-electron chi connectivity index (χ3n) is 4.27. The number of carboxylic acid groups (broad SMARTS) is 1. The third-order valence-corrected chi connectivity index (χ3v) is 4.27. The first-order valence-corrected chi connectivity index (χ1v) is 7.09. The summed E-state index contributed by atoms with van der Waals surface area (Å²) in [6.45, 7) is 2.85. The summed E-state index contributed by atoms with van der Waals surface area (Å²) < 4.78 is 0. The molecule has 0 heterocycles. The van der Waals surface area contributed by atoms with Gasteiger partial charge < -0.3 is 15.5 Å². The molecule has 1 aliphatic carbocycles. The minimum absolute atomic E-state index is 0.208. The Kier molecular flexibility index (Phi) is 4.05. The van der Waals surface area contributed by atoms with Crippen molar-refractivity contribution in [2.24, 2.45) is 0 Å². The number of carbonyl (C=O) groups is 2. The summed E-state index contributed by atoms with van der Waals surface area (Å²) in [6.07, 6.45) is 2.46. The van der Waals surface area contributed by atoms with Crippen molar-refractivity contribution in [2.75, 3.05) is 6.54 Å². The molecule has 2 rings (SSSR count). The van der Waals surface area contributed by atoms with Crippen LogP contribution in [0.15, 0.2) is 24.3 Å². The molecule has 3 N–H and O–H groups in total. The molecular weight excluding hydrogens is 270 g/mol. The van der Waals surface area contributed by atoms with Gasteiger partial charge in [0.25, 0.3) is 0 Å². The smallest absolute Gasteiger partial charge is 0.337 e. The van der Waals surface area contributed by atoms with E-state index in [1.165, 1.54) is 6.92 Å². The monoisotopic (exact) mass is 291 g/mol. The molecule has 21 heavy (non-hydrogen) atoms. The highest BCUT2D eigenvalue weighted by molar-refractivity contribution is 5.90. The van der Waals surface area contributed by atoms with Crippen molar-refractivity contribution in [3.05, 3.63) is 35.4 Å². The molecule has 1 aliphatic rings. The standard InChI is InChI=1S/C16H21NO4/c1-11-5-3-6-12(9-11)16(7-4-8-16)13(18)17-10-15(2,21)14(19)20/h3,5-6,9,21H,4,7-8,10H2,1-2H3,(H,17,18)(H,19,20). The number of aryl methyl sites for hydroxylation is 1. The maximum absolute atomic E-state index is 12.5. The molecular formula is C16H21NO4. The van der Waals surface area contributed by atoms with E-state index < -0.39 is 17.0 Å². The zero-order valence-corrected chi connectivity index (χ0v) is 12.3. The highest BCUT2D eigenvalue weighted by Gasteiger charge is 2.46. The predicted molar refractivity (Wildman–Crippen MR) is 78.0 cm³/mol. The van der Waals surface area contributed by atoms with Gasteiger partial charge in [-0.25, -0.2) is 4.79 Å². The average molecular weight is 291 g/mol. The van der Waals surface area contributed by atoms with Crippen LogP contribution in [0.3, 0.4) is 0 Å². The summed E-state index contributed by atoms with van der Waals surface area (Å²) in [5.74, 6) is -1.55. The molecule has 1 fully saturated rings. The average Bonchev–Trinajstić information content (AvgIpc) is 2.35. The van der Waals surface area contributed by atoms with Gasteiger partial charge in [-0.05, 0) is 32.3 Å². The van der Waals surface area contributed by atoms with Gasteiger partial charge in [0.05, 0.1) is 12.0 Å². The van der Waals surface area contributed by atoms with Gasteiger partial charge in [0.15, 0.2) is 5.60 Å². The van der Waals surface area contributed by atoms with E-state index in [1.807, 2.05) is 31.2 Å². The lowest BCUT2D eigenvalue weighted by Gasteiger charge is -2.41. The van der Waals surface area contributed by atoms with Crippen LogP contribution in [0.5, 0.6) is 0 Å². The molecule has 0 radical (unpaired) electrons. The molecule has 1 aromatic carbocycles. The Morgan fingerprint density at radius 2 is 2.05 bits per heavy atom. The second-order valence-corrected chi connectivity index (χ2v) is 6.07. The lowest BCUT2D eigenvalue weighted by atomic mass is 9.63. The molecule has 1 amide bonds. The normalized spacial score (nSPS) is 19.2. The van der Waals surface area contributed by atoms with Crippen LogP contribution in [-0.4, -0.2) is 34.2 Å². The number of nitrogens with one attached hydrogen (secondary N) is 1. The number of benzene rings is 1. The highest BCUT2D eigenvalue weighted by Crippen LogP contribution is 2.44. The van der Waals surface area contributed by atoms with Crippen LogP contribution in [-0.2, 0) is 15.0 Å².